The second kappa shape index (κ2) is 6.76. The first-order chi connectivity index (χ1) is 13.1. The first-order valence-electron chi connectivity index (χ1n) is 9.76. The molecule has 1 fully saturated rings. The van der Waals surface area contributed by atoms with E-state index < -0.39 is 10.0 Å². The van der Waals surface area contributed by atoms with Crippen molar-refractivity contribution >= 4 is 27.9 Å². The highest BCUT2D eigenvalue weighted by atomic mass is 32.2. The van der Waals surface area contributed by atoms with Crippen LogP contribution in [0.5, 0.6) is 0 Å². The van der Waals surface area contributed by atoms with Gasteiger partial charge >= 0.3 is 0 Å². The highest BCUT2D eigenvalue weighted by Gasteiger charge is 2.26. The van der Waals surface area contributed by atoms with Gasteiger partial charge in [-0.2, -0.15) is 0 Å². The molecule has 0 saturated carbocycles. The quantitative estimate of drug-likeness (QED) is 0.753. The average molecular weight is 367 g/mol. The lowest BCUT2D eigenvalue weighted by atomic mass is 9.91. The molecule has 0 unspecified atom stereocenters. The summed E-state index contributed by atoms with van der Waals surface area (Å²) in [7, 11) is -1.71. The number of rotatable bonds is 5. The molecule has 1 amide bonds. The Labute approximate surface area is 152 Å². The minimum Gasteiger partial charge on any atom is -0.302 e. The Balaban J connectivity index is 2.15. The smallest absolute Gasteiger partial charge is 0.215 e. The van der Waals surface area contributed by atoms with Gasteiger partial charge in [0.05, 0.1) is 16.1 Å². The lowest BCUT2D eigenvalue weighted by molar-refractivity contribution is -0.107. The summed E-state index contributed by atoms with van der Waals surface area (Å²) in [6.45, 7) is 2.51. The monoisotopic (exact) mass is 367 g/mol. The maximum absolute atomic E-state index is 11.8. The molecule has 1 aliphatic rings. The zero-order valence-corrected chi connectivity index (χ0v) is 15.4. The predicted octanol–water partition coefficient (Wildman–Crippen LogP) is 1.63. The van der Waals surface area contributed by atoms with Gasteiger partial charge in [0.25, 0.3) is 0 Å². The van der Waals surface area contributed by atoms with Gasteiger partial charge < -0.3 is 4.90 Å². The molecule has 0 radical (unpaired) electrons. The van der Waals surface area contributed by atoms with E-state index >= 15 is 0 Å². The topological polar surface area (TPSA) is 75.0 Å². The number of piperidine rings is 1. The Morgan fingerprint density at radius 2 is 2.08 bits per heavy atom. The number of anilines is 1. The third-order valence-electron chi connectivity index (χ3n) is 4.62. The van der Waals surface area contributed by atoms with E-state index in [2.05, 4.69) is 4.98 Å². The van der Waals surface area contributed by atoms with Crippen LogP contribution >= 0.6 is 0 Å². The van der Waals surface area contributed by atoms with Gasteiger partial charge in [-0.25, -0.2) is 17.7 Å². The summed E-state index contributed by atoms with van der Waals surface area (Å²) in [5, 5.41) is 0. The van der Waals surface area contributed by atoms with Crippen molar-refractivity contribution in [3.8, 4) is 0 Å². The largest absolute Gasteiger partial charge is 0.302 e. The molecule has 0 N–H and O–H groups in total. The van der Waals surface area contributed by atoms with Gasteiger partial charge in [-0.3, -0.25) is 9.20 Å². The molecule has 1 saturated heterocycles. The Kier molecular flexibility index (Phi) is 3.86. The molecule has 0 atom stereocenters. The fraction of sp³-hybridized carbons (Fsp3) is 0.529. The Morgan fingerprint density at radius 3 is 2.64 bits per heavy atom. The minimum atomic E-state index is -3.27. The van der Waals surface area contributed by atoms with Crippen molar-refractivity contribution < 1.29 is 17.3 Å². The summed E-state index contributed by atoms with van der Waals surface area (Å²) >= 11 is 0. The zero-order chi connectivity index (χ0) is 20.8. The van der Waals surface area contributed by atoms with Crippen molar-refractivity contribution in [3.63, 3.8) is 0 Å². The summed E-state index contributed by atoms with van der Waals surface area (Å²) < 4.78 is 51.9. The fourth-order valence-corrected chi connectivity index (χ4v) is 4.11. The van der Waals surface area contributed by atoms with Crippen molar-refractivity contribution in [2.24, 2.45) is 0 Å². The predicted molar refractivity (Wildman–Crippen MR) is 97.4 cm³/mol. The summed E-state index contributed by atoms with van der Waals surface area (Å²) in [5.41, 5.74) is 1.18. The second-order valence-electron chi connectivity index (χ2n) is 6.32. The number of aromatic nitrogens is 2. The molecule has 2 aromatic rings. The third-order valence-corrected chi connectivity index (χ3v) is 5.93. The number of imidazole rings is 1. The molecule has 136 valence electrons. The minimum absolute atomic E-state index is 0.0321. The first kappa shape index (κ1) is 14.3. The van der Waals surface area contributed by atoms with E-state index in [1.165, 1.54) is 19.9 Å². The standard InChI is InChI=1S/C17H24N4O3S/c1-4-15-17(19(2)12-22)21-11-14(5-6-16(21)18-15)13-7-9-20(10-8-13)25(3,23)24/h5-6,11-13H,4,7-10H2,1-3H3/i5D,6D,11D. The molecule has 1 aliphatic heterocycles. The van der Waals surface area contributed by atoms with Crippen LogP contribution in [0.25, 0.3) is 5.65 Å². The molecule has 8 heteroatoms. The van der Waals surface area contributed by atoms with Crippen molar-refractivity contribution in [1.82, 2.24) is 13.7 Å². The SMILES string of the molecule is [2H]c1c(C2CCN(S(C)(=O)=O)CC2)c([2H])n2c(N(C)C=O)c(CC)nc2c1[2H]. The fourth-order valence-electron chi connectivity index (χ4n) is 3.24. The van der Waals surface area contributed by atoms with Gasteiger partial charge in [0.2, 0.25) is 16.4 Å². The summed E-state index contributed by atoms with van der Waals surface area (Å²) in [6.07, 6.45) is 3.30. The number of carbonyl (C=O) groups is 1. The molecular formula is C17H24N4O3S. The van der Waals surface area contributed by atoms with Gasteiger partial charge in [0.1, 0.15) is 11.5 Å². The van der Waals surface area contributed by atoms with Crippen LogP contribution in [0.3, 0.4) is 0 Å². The molecule has 0 spiro atoms. The molecule has 3 rings (SSSR count). The van der Waals surface area contributed by atoms with E-state index in [-0.39, 0.29) is 29.8 Å². The van der Waals surface area contributed by atoms with E-state index in [1.54, 1.807) is 7.05 Å². The summed E-state index contributed by atoms with van der Waals surface area (Å²) in [6, 6.07) is -0.139. The number of nitrogens with zero attached hydrogens (tertiary/aromatic N) is 4. The van der Waals surface area contributed by atoms with E-state index in [9.17, 15) is 13.2 Å². The number of hydrogen-bond donors (Lipinski definition) is 0. The molecule has 7 nitrogen and oxygen atoms in total. The molecule has 25 heavy (non-hydrogen) atoms. The Bertz CT molecular complexity index is 1030. The van der Waals surface area contributed by atoms with Crippen molar-refractivity contribution in [3.05, 3.63) is 29.5 Å². The van der Waals surface area contributed by atoms with Gasteiger partial charge in [-0.15, -0.1) is 0 Å². The molecule has 3 heterocycles. The number of pyridine rings is 1. The van der Waals surface area contributed by atoms with Crippen molar-refractivity contribution in [1.29, 1.82) is 0 Å². The second-order valence-corrected chi connectivity index (χ2v) is 8.31. The lowest BCUT2D eigenvalue weighted by Gasteiger charge is -2.30. The number of fused-ring (bicyclic) bond motifs is 1. The van der Waals surface area contributed by atoms with Crippen LogP contribution < -0.4 is 4.90 Å². The normalized spacial score (nSPS) is 18.8. The molecule has 0 aliphatic carbocycles. The van der Waals surface area contributed by atoms with E-state index in [0.717, 1.165) is 0 Å². The van der Waals surface area contributed by atoms with Gasteiger partial charge in [-0.05, 0) is 36.8 Å². The summed E-state index contributed by atoms with van der Waals surface area (Å²) in [5.74, 6) is 0.231. The number of sulfonamides is 1. The third kappa shape index (κ3) is 3.41. The maximum atomic E-state index is 11.8. The van der Waals surface area contributed by atoms with Crippen LogP contribution in [0.2, 0.25) is 0 Å². The van der Waals surface area contributed by atoms with Gasteiger partial charge in [-0.1, -0.05) is 13.0 Å². The summed E-state index contributed by atoms with van der Waals surface area (Å²) in [4.78, 5) is 17.1. The van der Waals surface area contributed by atoms with Crippen LogP contribution in [0.15, 0.2) is 18.3 Å². The van der Waals surface area contributed by atoms with E-state index in [0.29, 0.717) is 55.8 Å². The number of amides is 1. The Hall–Kier alpha value is -1.93. The molecule has 0 aromatic carbocycles. The highest BCUT2D eigenvalue weighted by molar-refractivity contribution is 7.88. The molecular weight excluding hydrogens is 340 g/mol. The molecule has 2 aromatic heterocycles. The highest BCUT2D eigenvalue weighted by Crippen LogP contribution is 2.31. The number of aryl methyl sites for hydroxylation is 1. The number of carbonyl (C=O) groups excluding carboxylic acids is 1. The van der Waals surface area contributed by atoms with Gasteiger partial charge in [0.15, 0.2) is 0 Å². The van der Waals surface area contributed by atoms with Crippen LogP contribution in [-0.4, -0.2) is 54.9 Å². The maximum Gasteiger partial charge on any atom is 0.215 e. The van der Waals surface area contributed by atoms with Crippen LogP contribution in [-0.2, 0) is 21.2 Å². The lowest BCUT2D eigenvalue weighted by Crippen LogP contribution is -2.37. The zero-order valence-electron chi connectivity index (χ0n) is 17.6. The van der Waals surface area contributed by atoms with E-state index in [4.69, 9.17) is 4.11 Å². The van der Waals surface area contributed by atoms with Crippen LogP contribution in [0.4, 0.5) is 5.82 Å². The van der Waals surface area contributed by atoms with Gasteiger partial charge in [0, 0.05) is 26.3 Å². The molecule has 0 bridgehead atoms. The van der Waals surface area contributed by atoms with Crippen molar-refractivity contribution in [2.75, 3.05) is 31.3 Å². The average Bonchev–Trinajstić information content (AvgIpc) is 3.05. The van der Waals surface area contributed by atoms with Crippen LogP contribution in [0, 0.1) is 0 Å². The van der Waals surface area contributed by atoms with Crippen molar-refractivity contribution in [2.45, 2.75) is 32.1 Å². The number of hydrogen-bond acceptors (Lipinski definition) is 4. The Morgan fingerprint density at radius 1 is 1.40 bits per heavy atom. The first-order valence-corrected chi connectivity index (χ1v) is 10.1. The van der Waals surface area contributed by atoms with E-state index in [1.807, 2.05) is 6.92 Å². The van der Waals surface area contributed by atoms with Crippen LogP contribution in [0.1, 0.15) is 41.1 Å².